The Morgan fingerprint density at radius 2 is 2.36 bits per heavy atom. The maximum atomic E-state index is 12.0. The van der Waals surface area contributed by atoms with Crippen LogP contribution < -0.4 is 5.32 Å². The first-order valence-electron chi connectivity index (χ1n) is 6.81. The lowest BCUT2D eigenvalue weighted by Crippen LogP contribution is -2.18. The van der Waals surface area contributed by atoms with Gasteiger partial charge in [0, 0.05) is 13.2 Å². The highest BCUT2D eigenvalue weighted by atomic mass is 35.5. The van der Waals surface area contributed by atoms with Gasteiger partial charge in [-0.2, -0.15) is 0 Å². The van der Waals surface area contributed by atoms with Crippen LogP contribution in [0.3, 0.4) is 0 Å². The molecule has 3 heterocycles. The molecule has 0 aliphatic carbocycles. The summed E-state index contributed by atoms with van der Waals surface area (Å²) < 4.78 is 6.96. The summed E-state index contributed by atoms with van der Waals surface area (Å²) in [4.78, 5) is 12.7. The van der Waals surface area contributed by atoms with E-state index in [1.807, 2.05) is 0 Å². The van der Waals surface area contributed by atoms with Gasteiger partial charge in [0.05, 0.1) is 21.1 Å². The molecule has 0 spiro atoms. The molecule has 2 aromatic rings. The quantitative estimate of drug-likeness (QED) is 0.586. The summed E-state index contributed by atoms with van der Waals surface area (Å²) in [7, 11) is 0. The van der Waals surface area contributed by atoms with E-state index in [1.54, 1.807) is 12.1 Å². The Balaban J connectivity index is 1.46. The van der Waals surface area contributed by atoms with Crippen molar-refractivity contribution in [3.05, 3.63) is 21.3 Å². The zero-order valence-corrected chi connectivity index (χ0v) is 14.8. The monoisotopic (exact) mass is 375 g/mol. The van der Waals surface area contributed by atoms with Crippen LogP contribution in [0.1, 0.15) is 22.5 Å². The molecule has 2 aromatic heterocycles. The summed E-state index contributed by atoms with van der Waals surface area (Å²) in [6, 6.07) is 3.49. The molecule has 0 bridgehead atoms. The van der Waals surface area contributed by atoms with Crippen molar-refractivity contribution in [3.63, 3.8) is 0 Å². The molecule has 9 heteroatoms. The van der Waals surface area contributed by atoms with Crippen LogP contribution in [0, 0.1) is 0 Å². The van der Waals surface area contributed by atoms with E-state index in [0.717, 1.165) is 35.5 Å². The molecule has 1 fully saturated rings. The number of hydrogen-bond acceptors (Lipinski definition) is 8. The Hall–Kier alpha value is -0.670. The number of ether oxygens (including phenoxy) is 1. The molecular formula is C13H14ClN3O2S3. The first-order chi connectivity index (χ1) is 10.7. The predicted octanol–water partition coefficient (Wildman–Crippen LogP) is 3.82. The minimum atomic E-state index is 0.0611. The van der Waals surface area contributed by atoms with Gasteiger partial charge in [0.1, 0.15) is 0 Å². The molecule has 0 radical (unpaired) electrons. The number of nitrogens with one attached hydrogen (secondary N) is 1. The average Bonchev–Trinajstić information content (AvgIpc) is 3.24. The van der Waals surface area contributed by atoms with Gasteiger partial charge in [-0.25, -0.2) is 0 Å². The molecule has 1 saturated heterocycles. The van der Waals surface area contributed by atoms with Crippen molar-refractivity contribution in [1.82, 2.24) is 10.2 Å². The van der Waals surface area contributed by atoms with Crippen molar-refractivity contribution in [2.45, 2.75) is 23.3 Å². The molecule has 0 amide bonds. The number of carbonyl (C=O) groups is 1. The number of halogens is 1. The van der Waals surface area contributed by atoms with Crippen LogP contribution in [0.5, 0.6) is 0 Å². The first kappa shape index (κ1) is 16.2. The van der Waals surface area contributed by atoms with Crippen LogP contribution in [0.2, 0.25) is 4.34 Å². The normalized spacial score (nSPS) is 17.8. The van der Waals surface area contributed by atoms with Crippen molar-refractivity contribution in [2.24, 2.45) is 0 Å². The van der Waals surface area contributed by atoms with E-state index in [-0.39, 0.29) is 11.9 Å². The second-order valence-electron chi connectivity index (χ2n) is 4.70. The van der Waals surface area contributed by atoms with Gasteiger partial charge in [-0.1, -0.05) is 34.7 Å². The number of hydrogen-bond donors (Lipinski definition) is 1. The third kappa shape index (κ3) is 4.42. The number of rotatable bonds is 7. The molecule has 1 aliphatic rings. The lowest BCUT2D eigenvalue weighted by molar-refractivity contribution is 0.102. The highest BCUT2D eigenvalue weighted by molar-refractivity contribution is 8.01. The maximum absolute atomic E-state index is 12.0. The number of aromatic nitrogens is 2. The third-order valence-electron chi connectivity index (χ3n) is 3.09. The summed E-state index contributed by atoms with van der Waals surface area (Å²) in [6.07, 6.45) is 2.48. The predicted molar refractivity (Wildman–Crippen MR) is 91.8 cm³/mol. The molecule has 5 nitrogen and oxygen atoms in total. The molecule has 1 N–H and O–H groups in total. The lowest BCUT2D eigenvalue weighted by atomic mass is 10.2. The number of thioether (sulfide) groups is 1. The van der Waals surface area contributed by atoms with Crippen molar-refractivity contribution in [2.75, 3.05) is 24.2 Å². The van der Waals surface area contributed by atoms with Gasteiger partial charge in [-0.15, -0.1) is 21.5 Å². The molecule has 3 rings (SSSR count). The first-order valence-corrected chi connectivity index (χ1v) is 9.80. The van der Waals surface area contributed by atoms with Gasteiger partial charge in [0.25, 0.3) is 0 Å². The molecule has 118 valence electrons. The maximum Gasteiger partial charge on any atom is 0.206 e. The van der Waals surface area contributed by atoms with Crippen molar-refractivity contribution in [1.29, 1.82) is 0 Å². The van der Waals surface area contributed by atoms with Crippen molar-refractivity contribution >= 4 is 57.0 Å². The zero-order valence-electron chi connectivity index (χ0n) is 11.6. The van der Waals surface area contributed by atoms with Crippen LogP contribution in [0.25, 0.3) is 0 Å². The molecule has 1 aliphatic heterocycles. The number of nitrogens with zero attached hydrogens (tertiary/aromatic N) is 2. The van der Waals surface area contributed by atoms with Crippen LogP contribution in [-0.2, 0) is 4.74 Å². The van der Waals surface area contributed by atoms with Crippen LogP contribution in [0.4, 0.5) is 5.13 Å². The Kier molecular flexibility index (Phi) is 5.70. The standard InChI is InChI=1S/C13H14ClN3O2S3/c14-11-4-3-10(21-11)9(18)7-20-13-17-16-12(22-13)15-6-8-2-1-5-19-8/h3-4,8H,1-2,5-7H2,(H,15,16)/t8-/m0/s1. The van der Waals surface area contributed by atoms with Gasteiger partial charge in [0.15, 0.2) is 10.1 Å². The van der Waals surface area contributed by atoms with E-state index < -0.39 is 0 Å². The van der Waals surface area contributed by atoms with E-state index in [4.69, 9.17) is 16.3 Å². The number of Topliss-reactive ketones (excluding diaryl/α,β-unsaturated/α-hetero) is 1. The van der Waals surface area contributed by atoms with Crippen LogP contribution in [-0.4, -0.2) is 41.0 Å². The Bertz CT molecular complexity index is 640. The smallest absolute Gasteiger partial charge is 0.206 e. The lowest BCUT2D eigenvalue weighted by Gasteiger charge is -2.08. The van der Waals surface area contributed by atoms with E-state index in [1.165, 1.54) is 34.4 Å². The van der Waals surface area contributed by atoms with E-state index in [0.29, 0.717) is 15.0 Å². The molecule has 0 saturated carbocycles. The molecule has 1 atom stereocenters. The third-order valence-corrected chi connectivity index (χ3v) is 6.37. The molecule has 0 aromatic carbocycles. The summed E-state index contributed by atoms with van der Waals surface area (Å²) in [5, 5.41) is 12.2. The minimum Gasteiger partial charge on any atom is -0.376 e. The molecular weight excluding hydrogens is 362 g/mol. The Morgan fingerprint density at radius 3 is 3.09 bits per heavy atom. The average molecular weight is 376 g/mol. The minimum absolute atomic E-state index is 0.0611. The number of anilines is 1. The molecule has 0 unspecified atom stereocenters. The van der Waals surface area contributed by atoms with Gasteiger partial charge < -0.3 is 10.1 Å². The van der Waals surface area contributed by atoms with Gasteiger partial charge in [-0.3, -0.25) is 4.79 Å². The Labute approximate surface area is 145 Å². The summed E-state index contributed by atoms with van der Waals surface area (Å²) in [5.74, 6) is 0.406. The van der Waals surface area contributed by atoms with Crippen molar-refractivity contribution < 1.29 is 9.53 Å². The second-order valence-corrected chi connectivity index (χ2v) is 8.62. The van der Waals surface area contributed by atoms with Gasteiger partial charge >= 0.3 is 0 Å². The fraction of sp³-hybridized carbons (Fsp3) is 0.462. The fourth-order valence-electron chi connectivity index (χ4n) is 2.01. The summed E-state index contributed by atoms with van der Waals surface area (Å²) >= 11 is 9.99. The number of ketones is 1. The van der Waals surface area contributed by atoms with E-state index >= 15 is 0 Å². The van der Waals surface area contributed by atoms with E-state index in [9.17, 15) is 4.79 Å². The topological polar surface area (TPSA) is 64.1 Å². The zero-order chi connectivity index (χ0) is 15.4. The highest BCUT2D eigenvalue weighted by Gasteiger charge is 2.16. The van der Waals surface area contributed by atoms with Crippen LogP contribution >= 0.6 is 46.0 Å². The van der Waals surface area contributed by atoms with Gasteiger partial charge in [-0.05, 0) is 25.0 Å². The summed E-state index contributed by atoms with van der Waals surface area (Å²) in [6.45, 7) is 1.60. The molecule has 22 heavy (non-hydrogen) atoms. The fourth-order valence-corrected chi connectivity index (χ4v) is 4.72. The van der Waals surface area contributed by atoms with Gasteiger partial charge in [0.2, 0.25) is 5.13 Å². The largest absolute Gasteiger partial charge is 0.376 e. The summed E-state index contributed by atoms with van der Waals surface area (Å²) in [5.41, 5.74) is 0. The van der Waals surface area contributed by atoms with E-state index in [2.05, 4.69) is 15.5 Å². The second kappa shape index (κ2) is 7.74. The SMILES string of the molecule is O=C(CSc1nnc(NC[C@@H]2CCCO2)s1)c1ccc(Cl)s1. The van der Waals surface area contributed by atoms with Crippen molar-refractivity contribution in [3.8, 4) is 0 Å². The van der Waals surface area contributed by atoms with Crippen LogP contribution in [0.15, 0.2) is 16.5 Å². The number of thiophene rings is 1. The Morgan fingerprint density at radius 1 is 1.45 bits per heavy atom. The highest BCUT2D eigenvalue weighted by Crippen LogP contribution is 2.28. The number of carbonyl (C=O) groups excluding carboxylic acids is 1.